The molecule has 32 heavy (non-hydrogen) atoms. The fourth-order valence-electron chi connectivity index (χ4n) is 3.42. The van der Waals surface area contributed by atoms with Crippen LogP contribution in [0.5, 0.6) is 5.75 Å². The molecule has 0 fully saturated rings. The molecule has 0 bridgehead atoms. The number of nitrogens with zero attached hydrogens (tertiary/aromatic N) is 1. The summed E-state index contributed by atoms with van der Waals surface area (Å²) in [6, 6.07) is 9.16. The maximum absolute atomic E-state index is 14.9. The maximum atomic E-state index is 14.9. The average molecular weight is 486 g/mol. The Morgan fingerprint density at radius 3 is 2.50 bits per heavy atom. The Kier molecular flexibility index (Phi) is 7.90. The van der Waals surface area contributed by atoms with Crippen molar-refractivity contribution in [3.8, 4) is 5.75 Å². The van der Waals surface area contributed by atoms with E-state index in [9.17, 15) is 18.7 Å². The lowest BCUT2D eigenvalue weighted by Gasteiger charge is -2.37. The molecule has 1 amide bonds. The van der Waals surface area contributed by atoms with Gasteiger partial charge >= 0.3 is 6.09 Å². The molecule has 1 aliphatic heterocycles. The third-order valence-corrected chi connectivity index (χ3v) is 6.47. The Bertz CT molecular complexity index is 952. The van der Waals surface area contributed by atoms with Gasteiger partial charge in [0.1, 0.15) is 11.4 Å². The van der Waals surface area contributed by atoms with E-state index in [4.69, 9.17) is 21.1 Å². The zero-order valence-electron chi connectivity index (χ0n) is 18.1. The second-order valence-corrected chi connectivity index (χ2v) is 10.1. The minimum atomic E-state index is -0.715. The van der Waals surface area contributed by atoms with Crippen molar-refractivity contribution in [2.24, 2.45) is 5.92 Å². The Morgan fingerprint density at radius 2 is 1.88 bits per heavy atom. The van der Waals surface area contributed by atoms with Crippen molar-refractivity contribution < 1.29 is 28.2 Å². The van der Waals surface area contributed by atoms with Crippen molar-refractivity contribution in [3.05, 3.63) is 58.6 Å². The van der Waals surface area contributed by atoms with Crippen LogP contribution in [-0.2, 0) is 4.74 Å². The number of hydrogen-bond acceptors (Lipinski definition) is 5. The number of hydrogen-bond donors (Lipinski definition) is 1. The molecule has 5 nitrogen and oxygen atoms in total. The first-order valence-electron chi connectivity index (χ1n) is 10.2. The molecule has 0 spiro atoms. The Hall–Kier alpha value is -2.03. The Labute approximate surface area is 195 Å². The van der Waals surface area contributed by atoms with E-state index in [1.165, 1.54) is 16.7 Å². The molecule has 0 unspecified atom stereocenters. The van der Waals surface area contributed by atoms with Gasteiger partial charge in [0.25, 0.3) is 0 Å². The number of benzene rings is 2. The molecule has 0 radical (unpaired) electrons. The molecule has 0 aliphatic carbocycles. The van der Waals surface area contributed by atoms with Crippen LogP contribution in [0, 0.1) is 17.6 Å². The van der Waals surface area contributed by atoms with E-state index in [1.54, 1.807) is 45.0 Å². The number of rotatable bonds is 6. The normalized spacial score (nSPS) is 18.0. The number of halogens is 3. The van der Waals surface area contributed by atoms with Crippen LogP contribution in [0.3, 0.4) is 0 Å². The standard InChI is InChI=1S/C23H26ClF2NO4S/c1-23(2,3)31-22(29)27(10-11-28)12-14-13-30-20-18(26)9-8-17(25)19(20)21(14)32-16-6-4-15(24)5-7-16/h4-9,14,21,28H,10-13H2,1-3H3/t14-,21+/m1/s1. The van der Waals surface area contributed by atoms with Crippen molar-refractivity contribution in [3.63, 3.8) is 0 Å². The summed E-state index contributed by atoms with van der Waals surface area (Å²) in [6.07, 6.45) is -0.590. The van der Waals surface area contributed by atoms with Crippen LogP contribution in [0.15, 0.2) is 41.3 Å². The Balaban J connectivity index is 1.94. The van der Waals surface area contributed by atoms with Crippen molar-refractivity contribution in [2.45, 2.75) is 36.5 Å². The van der Waals surface area contributed by atoms with Crippen molar-refractivity contribution in [1.29, 1.82) is 0 Å². The maximum Gasteiger partial charge on any atom is 0.410 e. The predicted octanol–water partition coefficient (Wildman–Crippen LogP) is 5.69. The molecular formula is C23H26ClF2NO4S. The highest BCUT2D eigenvalue weighted by atomic mass is 35.5. The highest BCUT2D eigenvalue weighted by molar-refractivity contribution is 7.99. The largest absolute Gasteiger partial charge is 0.490 e. The lowest BCUT2D eigenvalue weighted by molar-refractivity contribution is 0.0161. The molecule has 0 saturated carbocycles. The lowest BCUT2D eigenvalue weighted by atomic mass is 9.94. The fraction of sp³-hybridized carbons (Fsp3) is 0.435. The van der Waals surface area contributed by atoms with E-state index in [2.05, 4.69) is 0 Å². The van der Waals surface area contributed by atoms with E-state index in [0.29, 0.717) is 5.02 Å². The van der Waals surface area contributed by atoms with Gasteiger partial charge in [0.05, 0.1) is 13.2 Å². The summed E-state index contributed by atoms with van der Waals surface area (Å²) in [4.78, 5) is 14.9. The quantitative estimate of drug-likeness (QED) is 0.569. The third-order valence-electron chi connectivity index (χ3n) is 4.80. The molecule has 2 aromatic carbocycles. The zero-order valence-corrected chi connectivity index (χ0v) is 19.7. The average Bonchev–Trinajstić information content (AvgIpc) is 2.71. The topological polar surface area (TPSA) is 59.0 Å². The zero-order chi connectivity index (χ0) is 23.5. The number of fused-ring (bicyclic) bond motifs is 1. The molecule has 1 aliphatic rings. The number of ether oxygens (including phenoxy) is 2. The van der Waals surface area contributed by atoms with E-state index >= 15 is 0 Å². The van der Waals surface area contributed by atoms with Gasteiger partial charge in [0.2, 0.25) is 0 Å². The minimum absolute atomic E-state index is 0.0439. The first kappa shape index (κ1) is 24.6. The fourth-order valence-corrected chi connectivity index (χ4v) is 4.83. The molecule has 1 N–H and O–H groups in total. The molecule has 2 aromatic rings. The molecule has 9 heteroatoms. The number of carbonyl (C=O) groups excluding carboxylic acids is 1. The summed E-state index contributed by atoms with van der Waals surface area (Å²) in [6.45, 7) is 5.24. The van der Waals surface area contributed by atoms with E-state index < -0.39 is 34.5 Å². The summed E-state index contributed by atoms with van der Waals surface area (Å²) in [5, 5.41) is 9.49. The number of thioether (sulfide) groups is 1. The van der Waals surface area contributed by atoms with Gasteiger partial charge in [-0.2, -0.15) is 0 Å². The van der Waals surface area contributed by atoms with Gasteiger partial charge in [0.15, 0.2) is 11.6 Å². The molecule has 0 aromatic heterocycles. The van der Waals surface area contributed by atoms with Crippen LogP contribution in [0.4, 0.5) is 13.6 Å². The van der Waals surface area contributed by atoms with Crippen LogP contribution in [-0.4, -0.2) is 48.0 Å². The van der Waals surface area contributed by atoms with Crippen LogP contribution >= 0.6 is 23.4 Å². The van der Waals surface area contributed by atoms with Crippen LogP contribution in [0.2, 0.25) is 5.02 Å². The summed E-state index contributed by atoms with van der Waals surface area (Å²) in [7, 11) is 0. The van der Waals surface area contributed by atoms with Gasteiger partial charge in [-0.15, -0.1) is 11.8 Å². The second kappa shape index (κ2) is 10.3. The summed E-state index contributed by atoms with van der Waals surface area (Å²) in [5.41, 5.74) is -0.595. The first-order chi connectivity index (χ1) is 15.1. The van der Waals surface area contributed by atoms with E-state index in [0.717, 1.165) is 17.0 Å². The molecule has 2 atom stereocenters. The van der Waals surface area contributed by atoms with Gasteiger partial charge < -0.3 is 19.5 Å². The van der Waals surface area contributed by atoms with Gasteiger partial charge in [0, 0.05) is 39.7 Å². The third kappa shape index (κ3) is 6.05. The SMILES string of the molecule is CC(C)(C)OC(=O)N(CCO)C[C@@H]1COc2c(F)ccc(F)c2[C@H]1Sc1ccc(Cl)cc1. The molecular weight excluding hydrogens is 460 g/mol. The highest BCUT2D eigenvalue weighted by Gasteiger charge is 2.38. The van der Waals surface area contributed by atoms with Crippen LogP contribution < -0.4 is 4.74 Å². The number of amides is 1. The smallest absolute Gasteiger partial charge is 0.410 e. The van der Waals surface area contributed by atoms with Crippen molar-refractivity contribution >= 4 is 29.5 Å². The number of carbonyl (C=O) groups is 1. The molecule has 3 rings (SSSR count). The van der Waals surface area contributed by atoms with Crippen molar-refractivity contribution in [1.82, 2.24) is 4.90 Å². The molecule has 0 saturated heterocycles. The summed E-state index contributed by atoms with van der Waals surface area (Å²) in [5.74, 6) is -1.72. The van der Waals surface area contributed by atoms with Gasteiger partial charge in [-0.3, -0.25) is 0 Å². The van der Waals surface area contributed by atoms with Gasteiger partial charge in [-0.1, -0.05) is 11.6 Å². The number of aliphatic hydroxyl groups excluding tert-OH is 1. The Morgan fingerprint density at radius 1 is 1.22 bits per heavy atom. The molecule has 1 heterocycles. The van der Waals surface area contributed by atoms with E-state index in [-0.39, 0.29) is 37.6 Å². The van der Waals surface area contributed by atoms with Gasteiger partial charge in [-0.25, -0.2) is 13.6 Å². The lowest BCUT2D eigenvalue weighted by Crippen LogP contribution is -2.44. The highest BCUT2D eigenvalue weighted by Crippen LogP contribution is 2.49. The second-order valence-electron chi connectivity index (χ2n) is 8.49. The number of aliphatic hydroxyl groups is 1. The van der Waals surface area contributed by atoms with E-state index in [1.807, 2.05) is 0 Å². The summed E-state index contributed by atoms with van der Waals surface area (Å²) >= 11 is 7.33. The van der Waals surface area contributed by atoms with Gasteiger partial charge in [-0.05, 0) is 57.2 Å². The van der Waals surface area contributed by atoms with Crippen molar-refractivity contribution in [2.75, 3.05) is 26.3 Å². The van der Waals surface area contributed by atoms with Crippen LogP contribution in [0.25, 0.3) is 0 Å². The van der Waals surface area contributed by atoms with Crippen LogP contribution in [0.1, 0.15) is 31.6 Å². The summed E-state index contributed by atoms with van der Waals surface area (Å²) < 4.78 is 40.3. The monoisotopic (exact) mass is 485 g/mol. The minimum Gasteiger partial charge on any atom is -0.490 e. The molecule has 174 valence electrons. The first-order valence-corrected chi connectivity index (χ1v) is 11.5. The predicted molar refractivity (Wildman–Crippen MR) is 120 cm³/mol.